The van der Waals surface area contributed by atoms with Gasteiger partial charge in [0.05, 0.1) is 0 Å². The molecule has 1 saturated heterocycles. The van der Waals surface area contributed by atoms with Crippen LogP contribution in [0.5, 0.6) is 0 Å². The molecule has 1 aromatic carbocycles. The molecule has 1 heterocycles. The van der Waals surface area contributed by atoms with E-state index in [9.17, 15) is 0 Å². The first-order valence-corrected chi connectivity index (χ1v) is 7.24. The second-order valence-corrected chi connectivity index (χ2v) is 5.47. The van der Waals surface area contributed by atoms with Gasteiger partial charge in [-0.2, -0.15) is 0 Å². The third-order valence-corrected chi connectivity index (χ3v) is 4.24. The van der Waals surface area contributed by atoms with Crippen molar-refractivity contribution in [1.29, 1.82) is 0 Å². The summed E-state index contributed by atoms with van der Waals surface area (Å²) in [4.78, 5) is 2.66. The van der Waals surface area contributed by atoms with Gasteiger partial charge in [0, 0.05) is 32.2 Å². The minimum atomic E-state index is 0. The van der Waals surface area contributed by atoms with Gasteiger partial charge in [-0.15, -0.1) is 24.8 Å². The summed E-state index contributed by atoms with van der Waals surface area (Å²) in [6.45, 7) is 11.5. The van der Waals surface area contributed by atoms with Crippen molar-refractivity contribution < 1.29 is 0 Å². The van der Waals surface area contributed by atoms with E-state index in [-0.39, 0.29) is 24.8 Å². The molecule has 0 spiro atoms. The van der Waals surface area contributed by atoms with E-state index in [2.05, 4.69) is 55.3 Å². The lowest BCUT2D eigenvalue weighted by molar-refractivity contribution is 0.128. The van der Waals surface area contributed by atoms with Gasteiger partial charge in [0.1, 0.15) is 0 Å². The fourth-order valence-corrected chi connectivity index (χ4v) is 2.97. The van der Waals surface area contributed by atoms with E-state index in [1.165, 1.54) is 30.6 Å². The molecule has 1 N–H and O–H groups in total. The summed E-state index contributed by atoms with van der Waals surface area (Å²) in [5.74, 6) is 0.712. The van der Waals surface area contributed by atoms with Crippen molar-refractivity contribution in [3.8, 4) is 0 Å². The summed E-state index contributed by atoms with van der Waals surface area (Å²) in [5.41, 5.74) is 2.95. The fraction of sp³-hybridized carbons (Fsp3) is 0.625. The molecule has 0 saturated carbocycles. The van der Waals surface area contributed by atoms with Gasteiger partial charge in [-0.1, -0.05) is 44.5 Å². The maximum absolute atomic E-state index is 3.45. The molecule has 0 bridgehead atoms. The number of piperazine rings is 1. The van der Waals surface area contributed by atoms with Crippen molar-refractivity contribution in [1.82, 2.24) is 10.2 Å². The number of benzene rings is 1. The molecule has 2 rings (SSSR count). The Kier molecular flexibility index (Phi) is 9.48. The molecule has 4 heteroatoms. The standard InChI is InChI=1S/C16H26N2.2ClH/c1-4-13(2)16(18-11-9-17-10-12-18)15-8-6-5-7-14(15)3;;/h5-8,13,16-17H,4,9-12H2,1-3H3;2*1H/t13?,16-;;/m1../s1. The molecular weight excluding hydrogens is 291 g/mol. The Balaban J connectivity index is 0.00000180. The Morgan fingerprint density at radius 1 is 1.15 bits per heavy atom. The van der Waals surface area contributed by atoms with Crippen LogP contribution in [0.25, 0.3) is 0 Å². The van der Waals surface area contributed by atoms with E-state index in [1.807, 2.05) is 0 Å². The highest BCUT2D eigenvalue weighted by molar-refractivity contribution is 5.85. The summed E-state index contributed by atoms with van der Waals surface area (Å²) >= 11 is 0. The van der Waals surface area contributed by atoms with Gasteiger partial charge in [-0.25, -0.2) is 0 Å². The van der Waals surface area contributed by atoms with E-state index in [0.29, 0.717) is 12.0 Å². The summed E-state index contributed by atoms with van der Waals surface area (Å²) in [6, 6.07) is 9.46. The molecule has 0 aromatic heterocycles. The van der Waals surface area contributed by atoms with Crippen LogP contribution in [0.15, 0.2) is 24.3 Å². The van der Waals surface area contributed by atoms with Crippen LogP contribution < -0.4 is 5.32 Å². The molecule has 1 fully saturated rings. The first-order chi connectivity index (χ1) is 8.74. The van der Waals surface area contributed by atoms with Crippen molar-refractivity contribution in [2.24, 2.45) is 5.92 Å². The lowest BCUT2D eigenvalue weighted by Crippen LogP contribution is -2.46. The first kappa shape index (κ1) is 19.7. The van der Waals surface area contributed by atoms with E-state index in [0.717, 1.165) is 13.1 Å². The van der Waals surface area contributed by atoms with Crippen LogP contribution in [0.3, 0.4) is 0 Å². The topological polar surface area (TPSA) is 15.3 Å². The zero-order valence-corrected chi connectivity index (χ0v) is 14.4. The Labute approximate surface area is 136 Å². The van der Waals surface area contributed by atoms with Gasteiger partial charge in [0.25, 0.3) is 0 Å². The number of hydrogen-bond acceptors (Lipinski definition) is 2. The molecule has 1 aliphatic heterocycles. The van der Waals surface area contributed by atoms with Gasteiger partial charge in [0.2, 0.25) is 0 Å². The second-order valence-electron chi connectivity index (χ2n) is 5.47. The summed E-state index contributed by atoms with van der Waals surface area (Å²) in [6.07, 6.45) is 1.24. The predicted octanol–water partition coefficient (Wildman–Crippen LogP) is 3.83. The van der Waals surface area contributed by atoms with Crippen molar-refractivity contribution in [3.63, 3.8) is 0 Å². The lowest BCUT2D eigenvalue weighted by atomic mass is 9.88. The predicted molar refractivity (Wildman–Crippen MR) is 92.3 cm³/mol. The molecule has 0 amide bonds. The van der Waals surface area contributed by atoms with Gasteiger partial charge >= 0.3 is 0 Å². The Morgan fingerprint density at radius 3 is 2.30 bits per heavy atom. The third kappa shape index (κ3) is 4.63. The van der Waals surface area contributed by atoms with Crippen molar-refractivity contribution in [2.45, 2.75) is 33.2 Å². The Morgan fingerprint density at radius 2 is 1.75 bits per heavy atom. The number of rotatable bonds is 4. The normalized spacial score (nSPS) is 18.6. The van der Waals surface area contributed by atoms with Crippen LogP contribution >= 0.6 is 24.8 Å². The number of halogens is 2. The largest absolute Gasteiger partial charge is 0.314 e. The minimum absolute atomic E-state index is 0. The average molecular weight is 319 g/mol. The molecular formula is C16H28Cl2N2. The molecule has 1 aliphatic rings. The highest BCUT2D eigenvalue weighted by atomic mass is 35.5. The number of aryl methyl sites for hydroxylation is 1. The fourth-order valence-electron chi connectivity index (χ4n) is 2.97. The molecule has 2 atom stereocenters. The van der Waals surface area contributed by atoms with Crippen LogP contribution in [-0.4, -0.2) is 31.1 Å². The van der Waals surface area contributed by atoms with Gasteiger partial charge < -0.3 is 5.32 Å². The first-order valence-electron chi connectivity index (χ1n) is 7.24. The Hall–Kier alpha value is -0.280. The monoisotopic (exact) mass is 318 g/mol. The molecule has 0 radical (unpaired) electrons. The summed E-state index contributed by atoms with van der Waals surface area (Å²) in [5, 5.41) is 3.45. The average Bonchev–Trinajstić information content (AvgIpc) is 2.42. The van der Waals surface area contributed by atoms with Crippen LogP contribution in [0.1, 0.15) is 37.4 Å². The smallest absolute Gasteiger partial charge is 0.0377 e. The van der Waals surface area contributed by atoms with Crippen LogP contribution in [0, 0.1) is 12.8 Å². The van der Waals surface area contributed by atoms with Crippen LogP contribution in [0.2, 0.25) is 0 Å². The van der Waals surface area contributed by atoms with Gasteiger partial charge in [0.15, 0.2) is 0 Å². The maximum Gasteiger partial charge on any atom is 0.0377 e. The minimum Gasteiger partial charge on any atom is -0.314 e. The molecule has 116 valence electrons. The molecule has 2 nitrogen and oxygen atoms in total. The van der Waals surface area contributed by atoms with Crippen LogP contribution in [-0.2, 0) is 0 Å². The van der Waals surface area contributed by atoms with Crippen molar-refractivity contribution in [2.75, 3.05) is 26.2 Å². The zero-order valence-electron chi connectivity index (χ0n) is 12.8. The molecule has 1 unspecified atom stereocenters. The lowest BCUT2D eigenvalue weighted by Gasteiger charge is -2.39. The number of nitrogens with one attached hydrogen (secondary N) is 1. The number of nitrogens with zero attached hydrogens (tertiary/aromatic N) is 1. The highest BCUT2D eigenvalue weighted by Gasteiger charge is 2.27. The third-order valence-electron chi connectivity index (χ3n) is 4.24. The molecule has 20 heavy (non-hydrogen) atoms. The molecule has 0 aliphatic carbocycles. The van der Waals surface area contributed by atoms with Gasteiger partial charge in [-0.05, 0) is 24.0 Å². The number of hydrogen-bond donors (Lipinski definition) is 1. The van der Waals surface area contributed by atoms with Gasteiger partial charge in [-0.3, -0.25) is 4.90 Å². The maximum atomic E-state index is 3.45. The van der Waals surface area contributed by atoms with E-state index in [1.54, 1.807) is 0 Å². The summed E-state index contributed by atoms with van der Waals surface area (Å²) in [7, 11) is 0. The summed E-state index contributed by atoms with van der Waals surface area (Å²) < 4.78 is 0. The quantitative estimate of drug-likeness (QED) is 0.907. The molecule has 1 aromatic rings. The second kappa shape index (κ2) is 9.62. The SMILES string of the molecule is CCC(C)[C@H](c1ccccc1C)N1CCNCC1.Cl.Cl. The van der Waals surface area contributed by atoms with E-state index in [4.69, 9.17) is 0 Å². The van der Waals surface area contributed by atoms with E-state index < -0.39 is 0 Å². The van der Waals surface area contributed by atoms with E-state index >= 15 is 0 Å². The zero-order chi connectivity index (χ0) is 13.0. The Bertz CT molecular complexity index is 378. The van der Waals surface area contributed by atoms with Crippen molar-refractivity contribution in [3.05, 3.63) is 35.4 Å². The van der Waals surface area contributed by atoms with Crippen molar-refractivity contribution >= 4 is 24.8 Å². The highest BCUT2D eigenvalue weighted by Crippen LogP contribution is 2.32. The van der Waals surface area contributed by atoms with Crippen LogP contribution in [0.4, 0.5) is 0 Å².